The quantitative estimate of drug-likeness (QED) is 0.761. The molecule has 1 heterocycles. The SMILES string of the molecule is Cc1cc(Br)c(NC(=O)c2cc(N)c(C)s2)c(Br)c1. The molecule has 0 fully saturated rings. The van der Waals surface area contributed by atoms with E-state index in [0.29, 0.717) is 10.6 Å². The summed E-state index contributed by atoms with van der Waals surface area (Å²) in [5.74, 6) is -0.157. The molecule has 0 aliphatic heterocycles. The highest BCUT2D eigenvalue weighted by Gasteiger charge is 2.14. The molecule has 0 saturated heterocycles. The van der Waals surface area contributed by atoms with Crippen molar-refractivity contribution >= 4 is 60.5 Å². The van der Waals surface area contributed by atoms with Crippen LogP contribution >= 0.6 is 43.2 Å². The van der Waals surface area contributed by atoms with E-state index in [9.17, 15) is 4.79 Å². The molecular weight excluding hydrogens is 392 g/mol. The van der Waals surface area contributed by atoms with Gasteiger partial charge in [0.2, 0.25) is 0 Å². The largest absolute Gasteiger partial charge is 0.398 e. The average molecular weight is 404 g/mol. The minimum Gasteiger partial charge on any atom is -0.398 e. The molecule has 0 unspecified atom stereocenters. The van der Waals surface area contributed by atoms with Crippen molar-refractivity contribution < 1.29 is 4.79 Å². The number of carbonyl (C=O) groups excluding carboxylic acids is 1. The Bertz CT molecular complexity index is 610. The number of rotatable bonds is 2. The lowest BCUT2D eigenvalue weighted by Crippen LogP contribution is -2.11. The summed E-state index contributed by atoms with van der Waals surface area (Å²) in [4.78, 5) is 13.7. The molecule has 1 aromatic carbocycles. The number of hydrogen-bond acceptors (Lipinski definition) is 3. The van der Waals surface area contributed by atoms with Crippen molar-refractivity contribution in [1.29, 1.82) is 0 Å². The number of anilines is 2. The lowest BCUT2D eigenvalue weighted by Gasteiger charge is -2.09. The Morgan fingerprint density at radius 1 is 1.21 bits per heavy atom. The van der Waals surface area contributed by atoms with Crippen LogP contribution in [0.15, 0.2) is 27.1 Å². The monoisotopic (exact) mass is 402 g/mol. The molecule has 0 aliphatic carbocycles. The maximum atomic E-state index is 12.2. The summed E-state index contributed by atoms with van der Waals surface area (Å²) < 4.78 is 1.68. The number of nitrogens with two attached hydrogens (primary N) is 1. The molecule has 0 bridgehead atoms. The molecule has 0 radical (unpaired) electrons. The van der Waals surface area contributed by atoms with Crippen LogP contribution in [0.3, 0.4) is 0 Å². The van der Waals surface area contributed by atoms with Crippen LogP contribution in [-0.4, -0.2) is 5.91 Å². The van der Waals surface area contributed by atoms with E-state index < -0.39 is 0 Å². The normalized spacial score (nSPS) is 10.5. The fourth-order valence-electron chi connectivity index (χ4n) is 1.60. The van der Waals surface area contributed by atoms with E-state index >= 15 is 0 Å². The van der Waals surface area contributed by atoms with Crippen LogP contribution in [-0.2, 0) is 0 Å². The number of nitrogens with one attached hydrogen (secondary N) is 1. The second-order valence-corrected chi connectivity index (χ2v) is 7.14. The van der Waals surface area contributed by atoms with Gasteiger partial charge in [0.1, 0.15) is 0 Å². The lowest BCUT2D eigenvalue weighted by atomic mass is 10.2. The number of carbonyl (C=O) groups is 1. The highest BCUT2D eigenvalue weighted by atomic mass is 79.9. The summed E-state index contributed by atoms with van der Waals surface area (Å²) in [6.07, 6.45) is 0. The number of thiophene rings is 1. The van der Waals surface area contributed by atoms with Gasteiger partial charge in [0.05, 0.1) is 10.6 Å². The maximum absolute atomic E-state index is 12.2. The third kappa shape index (κ3) is 3.19. The maximum Gasteiger partial charge on any atom is 0.265 e. The molecule has 1 aromatic heterocycles. The van der Waals surface area contributed by atoms with E-state index in [-0.39, 0.29) is 5.91 Å². The van der Waals surface area contributed by atoms with Crippen molar-refractivity contribution in [1.82, 2.24) is 0 Å². The summed E-state index contributed by atoms with van der Waals surface area (Å²) in [5.41, 5.74) is 8.24. The Kier molecular flexibility index (Phi) is 4.32. The number of benzene rings is 1. The van der Waals surface area contributed by atoms with Crippen LogP contribution in [0.25, 0.3) is 0 Å². The zero-order valence-electron chi connectivity index (χ0n) is 10.4. The smallest absolute Gasteiger partial charge is 0.265 e. The Morgan fingerprint density at radius 2 is 1.79 bits per heavy atom. The molecule has 0 aliphatic rings. The van der Waals surface area contributed by atoms with Crippen molar-refractivity contribution in [2.75, 3.05) is 11.1 Å². The molecule has 19 heavy (non-hydrogen) atoms. The second-order valence-electron chi connectivity index (χ2n) is 4.18. The summed E-state index contributed by atoms with van der Waals surface area (Å²) in [6.45, 7) is 3.89. The molecule has 2 aromatic rings. The highest BCUT2D eigenvalue weighted by Crippen LogP contribution is 2.33. The molecule has 3 nitrogen and oxygen atoms in total. The third-order valence-corrected chi connectivity index (χ3v) is 4.92. The predicted molar refractivity (Wildman–Crippen MR) is 88.0 cm³/mol. The van der Waals surface area contributed by atoms with E-state index in [1.54, 1.807) is 6.07 Å². The zero-order valence-corrected chi connectivity index (χ0v) is 14.4. The average Bonchev–Trinajstić information content (AvgIpc) is 2.64. The number of nitrogen functional groups attached to an aromatic ring is 1. The van der Waals surface area contributed by atoms with Gasteiger partial charge in [-0.25, -0.2) is 0 Å². The van der Waals surface area contributed by atoms with Gasteiger partial charge in [0, 0.05) is 19.5 Å². The van der Waals surface area contributed by atoms with Gasteiger partial charge in [-0.1, -0.05) is 0 Å². The van der Waals surface area contributed by atoms with Crippen molar-refractivity contribution in [3.8, 4) is 0 Å². The molecule has 1 amide bonds. The van der Waals surface area contributed by atoms with Gasteiger partial charge in [0.15, 0.2) is 0 Å². The van der Waals surface area contributed by atoms with Gasteiger partial charge in [-0.3, -0.25) is 4.79 Å². The van der Waals surface area contributed by atoms with Gasteiger partial charge in [-0.05, 0) is 69.5 Å². The standard InChI is InChI=1S/C13H12Br2N2OS/c1-6-3-8(14)12(9(15)4-6)17-13(18)11-5-10(16)7(2)19-11/h3-5H,16H2,1-2H3,(H,17,18). The summed E-state index contributed by atoms with van der Waals surface area (Å²) in [5, 5.41) is 2.88. The van der Waals surface area contributed by atoms with E-state index in [1.807, 2.05) is 26.0 Å². The minimum absolute atomic E-state index is 0.157. The molecule has 3 N–H and O–H groups in total. The lowest BCUT2D eigenvalue weighted by molar-refractivity contribution is 0.103. The van der Waals surface area contributed by atoms with Crippen LogP contribution in [0.1, 0.15) is 20.1 Å². The molecule has 6 heteroatoms. The fraction of sp³-hybridized carbons (Fsp3) is 0.154. The predicted octanol–water partition coefficient (Wildman–Crippen LogP) is 4.72. The third-order valence-electron chi connectivity index (χ3n) is 2.60. The van der Waals surface area contributed by atoms with Crippen LogP contribution < -0.4 is 11.1 Å². The van der Waals surface area contributed by atoms with Crippen molar-refractivity contribution in [3.05, 3.63) is 42.5 Å². The number of amides is 1. The Morgan fingerprint density at radius 3 is 2.26 bits per heavy atom. The van der Waals surface area contributed by atoms with E-state index in [0.717, 1.165) is 25.1 Å². The van der Waals surface area contributed by atoms with E-state index in [1.165, 1.54) is 11.3 Å². The van der Waals surface area contributed by atoms with Crippen molar-refractivity contribution in [2.24, 2.45) is 0 Å². The second kappa shape index (κ2) is 5.64. The first kappa shape index (κ1) is 14.6. The van der Waals surface area contributed by atoms with Crippen LogP contribution in [0.5, 0.6) is 0 Å². The van der Waals surface area contributed by atoms with Crippen LogP contribution in [0, 0.1) is 13.8 Å². The molecule has 100 valence electrons. The van der Waals surface area contributed by atoms with Crippen molar-refractivity contribution in [3.63, 3.8) is 0 Å². The first-order valence-electron chi connectivity index (χ1n) is 5.51. The minimum atomic E-state index is -0.157. The first-order valence-corrected chi connectivity index (χ1v) is 7.91. The Labute approximate surface area is 132 Å². The topological polar surface area (TPSA) is 55.1 Å². The fourth-order valence-corrected chi connectivity index (χ4v) is 4.05. The van der Waals surface area contributed by atoms with Gasteiger partial charge in [-0.2, -0.15) is 0 Å². The van der Waals surface area contributed by atoms with Crippen LogP contribution in [0.4, 0.5) is 11.4 Å². The molecule has 0 spiro atoms. The van der Waals surface area contributed by atoms with Gasteiger partial charge in [-0.15, -0.1) is 11.3 Å². The van der Waals surface area contributed by atoms with Gasteiger partial charge < -0.3 is 11.1 Å². The van der Waals surface area contributed by atoms with Gasteiger partial charge in [0.25, 0.3) is 5.91 Å². The van der Waals surface area contributed by atoms with Gasteiger partial charge >= 0.3 is 0 Å². The summed E-state index contributed by atoms with van der Waals surface area (Å²) >= 11 is 8.29. The Balaban J connectivity index is 2.29. The molecular formula is C13H12Br2N2OS. The number of halogens is 2. The van der Waals surface area contributed by atoms with Crippen LogP contribution in [0.2, 0.25) is 0 Å². The summed E-state index contributed by atoms with van der Waals surface area (Å²) in [6, 6.07) is 5.61. The summed E-state index contributed by atoms with van der Waals surface area (Å²) in [7, 11) is 0. The Hall–Kier alpha value is -0.850. The van der Waals surface area contributed by atoms with E-state index in [4.69, 9.17) is 5.73 Å². The highest BCUT2D eigenvalue weighted by molar-refractivity contribution is 9.11. The molecule has 0 atom stereocenters. The van der Waals surface area contributed by atoms with Crippen molar-refractivity contribution in [2.45, 2.75) is 13.8 Å². The van der Waals surface area contributed by atoms with E-state index in [2.05, 4.69) is 37.2 Å². The number of aryl methyl sites for hydroxylation is 2. The number of hydrogen-bond donors (Lipinski definition) is 2. The molecule has 2 rings (SSSR count). The first-order chi connectivity index (χ1) is 8.88. The zero-order chi connectivity index (χ0) is 14.2. The molecule has 0 saturated carbocycles.